The first kappa shape index (κ1) is 16.6. The number of esters is 1. The van der Waals surface area contributed by atoms with Crippen molar-refractivity contribution in [3.63, 3.8) is 0 Å². The van der Waals surface area contributed by atoms with E-state index in [1.807, 2.05) is 6.92 Å². The van der Waals surface area contributed by atoms with Gasteiger partial charge in [0.25, 0.3) is 0 Å². The van der Waals surface area contributed by atoms with Crippen molar-refractivity contribution in [1.82, 2.24) is 10.2 Å². The number of piperazine rings is 1. The number of ether oxygens (including phenoxy) is 1. The van der Waals surface area contributed by atoms with Crippen LogP contribution in [0.3, 0.4) is 0 Å². The highest BCUT2D eigenvalue weighted by Gasteiger charge is 2.44. The largest absolute Gasteiger partial charge is 0.464 e. The lowest BCUT2D eigenvalue weighted by atomic mass is 9.89. The molecule has 0 aliphatic carbocycles. The topological polar surface area (TPSA) is 41.6 Å². The van der Waals surface area contributed by atoms with Crippen LogP contribution >= 0.6 is 23.2 Å². The third-order valence-corrected chi connectivity index (χ3v) is 4.44. The number of rotatable bonds is 4. The fourth-order valence-electron chi connectivity index (χ4n) is 2.66. The number of halogens is 2. The number of hydrogen-bond acceptors (Lipinski definition) is 4. The average molecular weight is 331 g/mol. The average Bonchev–Trinajstić information content (AvgIpc) is 2.50. The minimum Gasteiger partial charge on any atom is -0.464 e. The smallest absolute Gasteiger partial charge is 0.330 e. The summed E-state index contributed by atoms with van der Waals surface area (Å²) in [4.78, 5) is 14.7. The SMILES string of the molecule is CCOC(=O)C(C)(c1cc(Cl)ccc1Cl)N1CCNCC1. The molecule has 6 heteroatoms. The maximum Gasteiger partial charge on any atom is 0.330 e. The number of carbonyl (C=O) groups excluding carboxylic acids is 1. The van der Waals surface area contributed by atoms with Gasteiger partial charge in [-0.3, -0.25) is 4.90 Å². The van der Waals surface area contributed by atoms with Crippen LogP contribution in [-0.4, -0.2) is 43.7 Å². The number of hydrogen-bond donors (Lipinski definition) is 1. The number of carbonyl (C=O) groups is 1. The Morgan fingerprint density at radius 3 is 2.67 bits per heavy atom. The molecule has 1 aromatic carbocycles. The van der Waals surface area contributed by atoms with E-state index in [0.717, 1.165) is 26.2 Å². The first-order valence-corrected chi connectivity index (χ1v) is 7.84. The van der Waals surface area contributed by atoms with Crippen LogP contribution in [0.1, 0.15) is 19.4 Å². The zero-order chi connectivity index (χ0) is 15.5. The zero-order valence-corrected chi connectivity index (χ0v) is 13.8. The Labute approximate surface area is 135 Å². The van der Waals surface area contributed by atoms with Crippen LogP contribution in [0.2, 0.25) is 10.0 Å². The molecule has 1 aliphatic rings. The molecule has 1 aromatic rings. The summed E-state index contributed by atoms with van der Waals surface area (Å²) in [5.74, 6) is -0.295. The summed E-state index contributed by atoms with van der Waals surface area (Å²) in [5, 5.41) is 4.36. The molecule has 1 unspecified atom stereocenters. The van der Waals surface area contributed by atoms with Gasteiger partial charge in [-0.2, -0.15) is 0 Å². The maximum atomic E-state index is 12.6. The Morgan fingerprint density at radius 2 is 2.05 bits per heavy atom. The molecule has 1 saturated heterocycles. The predicted octanol–water partition coefficient (Wildman–Crippen LogP) is 2.68. The Kier molecular flexibility index (Phi) is 5.49. The van der Waals surface area contributed by atoms with E-state index in [-0.39, 0.29) is 5.97 Å². The molecule has 1 aliphatic heterocycles. The van der Waals surface area contributed by atoms with Gasteiger partial charge in [0, 0.05) is 41.8 Å². The van der Waals surface area contributed by atoms with E-state index in [2.05, 4.69) is 10.2 Å². The lowest BCUT2D eigenvalue weighted by molar-refractivity contribution is -0.158. The summed E-state index contributed by atoms with van der Waals surface area (Å²) in [6.45, 7) is 7.14. The van der Waals surface area contributed by atoms with Gasteiger partial charge < -0.3 is 10.1 Å². The number of nitrogens with one attached hydrogen (secondary N) is 1. The van der Waals surface area contributed by atoms with Gasteiger partial charge in [-0.15, -0.1) is 0 Å². The summed E-state index contributed by atoms with van der Waals surface area (Å²) >= 11 is 12.4. The number of nitrogens with zero attached hydrogens (tertiary/aromatic N) is 1. The van der Waals surface area contributed by atoms with Crippen molar-refractivity contribution in [2.45, 2.75) is 19.4 Å². The van der Waals surface area contributed by atoms with Crippen LogP contribution in [0.15, 0.2) is 18.2 Å². The molecule has 0 bridgehead atoms. The fraction of sp³-hybridized carbons (Fsp3) is 0.533. The van der Waals surface area contributed by atoms with Crippen LogP contribution in [-0.2, 0) is 15.1 Å². The summed E-state index contributed by atoms with van der Waals surface area (Å²) in [7, 11) is 0. The van der Waals surface area contributed by atoms with Crippen LogP contribution < -0.4 is 5.32 Å². The first-order valence-electron chi connectivity index (χ1n) is 7.08. The molecule has 4 nitrogen and oxygen atoms in total. The second-order valence-corrected chi connectivity index (χ2v) is 6.00. The Morgan fingerprint density at radius 1 is 1.38 bits per heavy atom. The van der Waals surface area contributed by atoms with Crippen molar-refractivity contribution in [3.05, 3.63) is 33.8 Å². The van der Waals surface area contributed by atoms with Crippen molar-refractivity contribution in [1.29, 1.82) is 0 Å². The Balaban J connectivity index is 2.48. The van der Waals surface area contributed by atoms with Gasteiger partial charge in [0.15, 0.2) is 0 Å². The molecule has 0 spiro atoms. The van der Waals surface area contributed by atoms with Crippen LogP contribution in [0.25, 0.3) is 0 Å². The third kappa shape index (κ3) is 3.34. The molecule has 1 N–H and O–H groups in total. The van der Waals surface area contributed by atoms with Crippen LogP contribution in [0, 0.1) is 0 Å². The van der Waals surface area contributed by atoms with Gasteiger partial charge in [0.1, 0.15) is 5.54 Å². The summed E-state index contributed by atoms with van der Waals surface area (Å²) in [5.41, 5.74) is -0.239. The normalized spacial score (nSPS) is 19.0. The van der Waals surface area contributed by atoms with Crippen molar-refractivity contribution in [3.8, 4) is 0 Å². The minimum absolute atomic E-state index is 0.295. The highest BCUT2D eigenvalue weighted by atomic mass is 35.5. The van der Waals surface area contributed by atoms with Gasteiger partial charge in [-0.05, 0) is 32.0 Å². The van der Waals surface area contributed by atoms with E-state index in [0.29, 0.717) is 22.2 Å². The van der Waals surface area contributed by atoms with Crippen molar-refractivity contribution in [2.24, 2.45) is 0 Å². The molecule has 0 radical (unpaired) electrons. The van der Waals surface area contributed by atoms with Crippen molar-refractivity contribution in [2.75, 3.05) is 32.8 Å². The van der Waals surface area contributed by atoms with E-state index in [4.69, 9.17) is 27.9 Å². The molecular formula is C15H20Cl2N2O2. The van der Waals surface area contributed by atoms with E-state index >= 15 is 0 Å². The van der Waals surface area contributed by atoms with Crippen LogP contribution in [0.5, 0.6) is 0 Å². The molecule has 2 rings (SSSR count). The maximum absolute atomic E-state index is 12.6. The summed E-state index contributed by atoms with van der Waals surface area (Å²) in [6.07, 6.45) is 0. The van der Waals surface area contributed by atoms with Crippen molar-refractivity contribution < 1.29 is 9.53 Å². The molecular weight excluding hydrogens is 311 g/mol. The summed E-state index contributed by atoms with van der Waals surface area (Å²) in [6, 6.07) is 5.19. The van der Waals surface area contributed by atoms with E-state index in [1.165, 1.54) is 0 Å². The number of benzene rings is 1. The summed E-state index contributed by atoms with van der Waals surface area (Å²) < 4.78 is 5.31. The molecule has 1 fully saturated rings. The quantitative estimate of drug-likeness (QED) is 0.862. The Bertz CT molecular complexity index is 518. The first-order chi connectivity index (χ1) is 10.00. The standard InChI is InChI=1S/C15H20Cl2N2O2/c1-3-21-14(20)15(2,19-8-6-18-7-9-19)12-10-11(16)4-5-13(12)17/h4-5,10,18H,3,6-9H2,1-2H3. The molecule has 0 amide bonds. The molecule has 116 valence electrons. The zero-order valence-electron chi connectivity index (χ0n) is 12.3. The lowest BCUT2D eigenvalue weighted by Crippen LogP contribution is -2.57. The Hall–Kier alpha value is -0.810. The van der Waals surface area contributed by atoms with Gasteiger partial charge in [-0.25, -0.2) is 4.79 Å². The molecule has 0 saturated carbocycles. The van der Waals surface area contributed by atoms with E-state index < -0.39 is 5.54 Å². The lowest BCUT2D eigenvalue weighted by Gasteiger charge is -2.42. The van der Waals surface area contributed by atoms with E-state index in [1.54, 1.807) is 25.1 Å². The molecule has 1 atom stereocenters. The van der Waals surface area contributed by atoms with Crippen LogP contribution in [0.4, 0.5) is 0 Å². The fourth-order valence-corrected chi connectivity index (χ4v) is 3.14. The third-order valence-electron chi connectivity index (χ3n) is 3.88. The second-order valence-electron chi connectivity index (χ2n) is 5.15. The van der Waals surface area contributed by atoms with Crippen molar-refractivity contribution >= 4 is 29.2 Å². The van der Waals surface area contributed by atoms with E-state index in [9.17, 15) is 4.79 Å². The van der Waals surface area contributed by atoms with Gasteiger partial charge in [-0.1, -0.05) is 23.2 Å². The molecule has 21 heavy (non-hydrogen) atoms. The van der Waals surface area contributed by atoms with Gasteiger partial charge >= 0.3 is 5.97 Å². The van der Waals surface area contributed by atoms with Gasteiger partial charge in [0.2, 0.25) is 0 Å². The highest BCUT2D eigenvalue weighted by Crippen LogP contribution is 2.36. The monoisotopic (exact) mass is 330 g/mol. The highest BCUT2D eigenvalue weighted by molar-refractivity contribution is 6.33. The minimum atomic E-state index is -0.930. The molecule has 0 aromatic heterocycles. The molecule has 1 heterocycles. The van der Waals surface area contributed by atoms with Gasteiger partial charge in [0.05, 0.1) is 6.61 Å². The second kappa shape index (κ2) is 6.97. The predicted molar refractivity (Wildman–Crippen MR) is 84.9 cm³/mol.